The monoisotopic (exact) mass is 531 g/mol. The second kappa shape index (κ2) is 11.9. The van der Waals surface area contributed by atoms with Gasteiger partial charge in [0.05, 0.1) is 17.0 Å². The van der Waals surface area contributed by atoms with Crippen LogP contribution in [0.3, 0.4) is 0 Å². The lowest BCUT2D eigenvalue weighted by Gasteiger charge is -2.31. The zero-order valence-corrected chi connectivity index (χ0v) is 21.7. The van der Waals surface area contributed by atoms with Crippen molar-refractivity contribution in [3.05, 3.63) is 63.9 Å². The van der Waals surface area contributed by atoms with E-state index in [-0.39, 0.29) is 29.1 Å². The molecule has 1 N–H and O–H groups in total. The predicted molar refractivity (Wildman–Crippen MR) is 133 cm³/mol. The van der Waals surface area contributed by atoms with E-state index in [1.807, 2.05) is 13.8 Å². The average Bonchev–Trinajstić information content (AvgIpc) is 2.74. The SMILES string of the molecule is CC(C)CNC(=O)C(C)N(Cc1cccc(Cl)c1)C(=O)CN(c1ccc(F)c(Cl)c1)S(C)(=O)=O. The largest absolute Gasteiger partial charge is 0.354 e. The standard InChI is InChI=1S/C23H28Cl2FN3O4S/c1-15(2)12-27-23(31)16(3)28(13-17-6-5-7-18(24)10-17)22(30)14-29(34(4,32)33)19-8-9-21(26)20(25)11-19/h5-11,15-16H,12-14H2,1-4H3,(H,27,31). The molecule has 0 aliphatic rings. The first-order chi connectivity index (χ1) is 15.8. The van der Waals surface area contributed by atoms with Gasteiger partial charge in [0, 0.05) is 18.1 Å². The van der Waals surface area contributed by atoms with Crippen LogP contribution in [0.1, 0.15) is 26.3 Å². The van der Waals surface area contributed by atoms with Crippen LogP contribution in [-0.2, 0) is 26.2 Å². The fourth-order valence-electron chi connectivity index (χ4n) is 3.12. The first-order valence-corrected chi connectivity index (χ1v) is 13.1. The van der Waals surface area contributed by atoms with Crippen molar-refractivity contribution in [2.75, 3.05) is 23.7 Å². The first-order valence-electron chi connectivity index (χ1n) is 10.5. The number of hydrogen-bond donors (Lipinski definition) is 1. The highest BCUT2D eigenvalue weighted by Gasteiger charge is 2.30. The molecular formula is C23H28Cl2FN3O4S. The maximum absolute atomic E-state index is 13.6. The van der Waals surface area contributed by atoms with Gasteiger partial charge in [0.25, 0.3) is 0 Å². The first kappa shape index (κ1) is 27.9. The molecule has 0 radical (unpaired) electrons. The Balaban J connectivity index is 2.39. The molecule has 2 aromatic carbocycles. The molecule has 7 nitrogen and oxygen atoms in total. The minimum Gasteiger partial charge on any atom is -0.354 e. The lowest BCUT2D eigenvalue weighted by Crippen LogP contribution is -2.51. The summed E-state index contributed by atoms with van der Waals surface area (Å²) >= 11 is 11.9. The number of nitrogens with one attached hydrogen (secondary N) is 1. The van der Waals surface area contributed by atoms with Crippen molar-refractivity contribution in [2.45, 2.75) is 33.4 Å². The minimum absolute atomic E-state index is 0.0252. The Labute approximate surface area is 209 Å². The highest BCUT2D eigenvalue weighted by atomic mass is 35.5. The molecule has 186 valence electrons. The molecule has 34 heavy (non-hydrogen) atoms. The summed E-state index contributed by atoms with van der Waals surface area (Å²) in [7, 11) is -3.94. The summed E-state index contributed by atoms with van der Waals surface area (Å²) in [6, 6.07) is 9.27. The summed E-state index contributed by atoms with van der Waals surface area (Å²) in [4.78, 5) is 27.4. The van der Waals surface area contributed by atoms with Gasteiger partial charge < -0.3 is 10.2 Å². The van der Waals surface area contributed by atoms with Crippen LogP contribution in [0.15, 0.2) is 42.5 Å². The molecule has 11 heteroatoms. The number of halogens is 3. The van der Waals surface area contributed by atoms with E-state index in [0.717, 1.165) is 22.7 Å². The van der Waals surface area contributed by atoms with Crippen LogP contribution in [-0.4, -0.2) is 50.5 Å². The Bertz CT molecular complexity index is 1140. The number of benzene rings is 2. The zero-order valence-electron chi connectivity index (χ0n) is 19.4. The third-order valence-electron chi connectivity index (χ3n) is 4.96. The molecule has 1 atom stereocenters. The van der Waals surface area contributed by atoms with Gasteiger partial charge in [-0.15, -0.1) is 0 Å². The van der Waals surface area contributed by atoms with Gasteiger partial charge in [-0.2, -0.15) is 0 Å². The van der Waals surface area contributed by atoms with Crippen LogP contribution in [0.25, 0.3) is 0 Å². The topological polar surface area (TPSA) is 86.8 Å². The molecular weight excluding hydrogens is 504 g/mol. The van der Waals surface area contributed by atoms with E-state index in [2.05, 4.69) is 5.32 Å². The summed E-state index contributed by atoms with van der Waals surface area (Å²) in [5.74, 6) is -1.52. The second-order valence-corrected chi connectivity index (χ2v) is 11.1. The van der Waals surface area contributed by atoms with Gasteiger partial charge >= 0.3 is 0 Å². The van der Waals surface area contributed by atoms with Gasteiger partial charge in [0.2, 0.25) is 21.8 Å². The summed E-state index contributed by atoms with van der Waals surface area (Å²) in [6.07, 6.45) is 0.928. The van der Waals surface area contributed by atoms with Crippen LogP contribution in [0, 0.1) is 11.7 Å². The van der Waals surface area contributed by atoms with Crippen molar-refractivity contribution in [1.82, 2.24) is 10.2 Å². The number of anilines is 1. The van der Waals surface area contributed by atoms with Gasteiger partial charge in [-0.25, -0.2) is 12.8 Å². The Morgan fingerprint density at radius 3 is 2.32 bits per heavy atom. The average molecular weight is 532 g/mol. The fourth-order valence-corrected chi connectivity index (χ4v) is 4.35. The number of carbonyl (C=O) groups is 2. The number of carbonyl (C=O) groups excluding carboxylic acids is 2. The van der Waals surface area contributed by atoms with Crippen LogP contribution in [0.4, 0.5) is 10.1 Å². The number of sulfonamides is 1. The lowest BCUT2D eigenvalue weighted by molar-refractivity contribution is -0.139. The Morgan fingerprint density at radius 1 is 1.09 bits per heavy atom. The molecule has 2 rings (SSSR count). The molecule has 0 bridgehead atoms. The van der Waals surface area contributed by atoms with Gasteiger partial charge in [-0.3, -0.25) is 13.9 Å². The molecule has 0 saturated heterocycles. The fraction of sp³-hybridized carbons (Fsp3) is 0.391. The van der Waals surface area contributed by atoms with Crippen molar-refractivity contribution in [3.63, 3.8) is 0 Å². The number of nitrogens with zero attached hydrogens (tertiary/aromatic N) is 2. The molecule has 0 aliphatic carbocycles. The maximum Gasteiger partial charge on any atom is 0.244 e. The van der Waals surface area contributed by atoms with Gasteiger partial charge in [-0.05, 0) is 48.7 Å². The van der Waals surface area contributed by atoms with E-state index in [0.29, 0.717) is 17.1 Å². The molecule has 0 spiro atoms. The molecule has 0 aromatic heterocycles. The van der Waals surface area contributed by atoms with Gasteiger partial charge in [-0.1, -0.05) is 49.2 Å². The molecule has 0 fully saturated rings. The van der Waals surface area contributed by atoms with Crippen molar-refractivity contribution in [2.24, 2.45) is 5.92 Å². The van der Waals surface area contributed by atoms with E-state index in [4.69, 9.17) is 23.2 Å². The summed E-state index contributed by atoms with van der Waals surface area (Å²) in [5.41, 5.74) is 0.696. The van der Waals surface area contributed by atoms with Crippen LogP contribution in [0.5, 0.6) is 0 Å². The number of hydrogen-bond acceptors (Lipinski definition) is 4. The Kier molecular flexibility index (Phi) is 9.73. The van der Waals surface area contributed by atoms with E-state index in [1.165, 1.54) is 11.0 Å². The number of rotatable bonds is 10. The van der Waals surface area contributed by atoms with E-state index in [9.17, 15) is 22.4 Å². The highest BCUT2D eigenvalue weighted by Crippen LogP contribution is 2.25. The van der Waals surface area contributed by atoms with Crippen LogP contribution in [0.2, 0.25) is 10.0 Å². The third kappa shape index (κ3) is 7.85. The molecule has 1 unspecified atom stereocenters. The third-order valence-corrected chi connectivity index (χ3v) is 6.63. The van der Waals surface area contributed by atoms with Crippen molar-refractivity contribution >= 4 is 50.7 Å². The zero-order chi connectivity index (χ0) is 25.6. The summed E-state index contributed by atoms with van der Waals surface area (Å²) in [5, 5.41) is 2.97. The molecule has 2 aromatic rings. The van der Waals surface area contributed by atoms with E-state index >= 15 is 0 Å². The lowest BCUT2D eigenvalue weighted by atomic mass is 10.1. The molecule has 0 saturated carbocycles. The Hall–Kier alpha value is -2.36. The van der Waals surface area contributed by atoms with Crippen LogP contribution < -0.4 is 9.62 Å². The van der Waals surface area contributed by atoms with E-state index < -0.39 is 34.3 Å². The van der Waals surface area contributed by atoms with Crippen LogP contribution >= 0.6 is 23.2 Å². The Morgan fingerprint density at radius 2 is 1.76 bits per heavy atom. The van der Waals surface area contributed by atoms with Gasteiger partial charge in [0.15, 0.2) is 0 Å². The molecule has 0 heterocycles. The number of amides is 2. The molecule has 2 amide bonds. The summed E-state index contributed by atoms with van der Waals surface area (Å²) < 4.78 is 39.4. The van der Waals surface area contributed by atoms with Gasteiger partial charge in [0.1, 0.15) is 18.4 Å². The van der Waals surface area contributed by atoms with E-state index in [1.54, 1.807) is 31.2 Å². The second-order valence-electron chi connectivity index (χ2n) is 8.33. The predicted octanol–water partition coefficient (Wildman–Crippen LogP) is 4.09. The summed E-state index contributed by atoms with van der Waals surface area (Å²) in [6.45, 7) is 5.29. The van der Waals surface area contributed by atoms with Crippen molar-refractivity contribution < 1.29 is 22.4 Å². The quantitative estimate of drug-likeness (QED) is 0.500. The maximum atomic E-state index is 13.6. The normalized spacial score (nSPS) is 12.4. The minimum atomic E-state index is -3.94. The highest BCUT2D eigenvalue weighted by molar-refractivity contribution is 7.92. The van der Waals surface area contributed by atoms with Crippen molar-refractivity contribution in [3.8, 4) is 0 Å². The molecule has 0 aliphatic heterocycles. The smallest absolute Gasteiger partial charge is 0.244 e. The van der Waals surface area contributed by atoms with Crippen molar-refractivity contribution in [1.29, 1.82) is 0 Å².